The average Bonchev–Trinajstić information content (AvgIpc) is 2.38. The van der Waals surface area contributed by atoms with Gasteiger partial charge in [0.25, 0.3) is 0 Å². The molecule has 1 aliphatic rings. The van der Waals surface area contributed by atoms with Gasteiger partial charge in [-0.15, -0.1) is 0 Å². The second kappa shape index (κ2) is 5.50. The van der Waals surface area contributed by atoms with Crippen LogP contribution in [0.25, 0.3) is 0 Å². The van der Waals surface area contributed by atoms with Crippen molar-refractivity contribution < 1.29 is 27.1 Å². The molecule has 0 N–H and O–H groups in total. The predicted octanol–water partition coefficient (Wildman–Crippen LogP) is 3.16. The van der Waals surface area contributed by atoms with Crippen LogP contribution in [0.1, 0.15) is 15.9 Å². The van der Waals surface area contributed by atoms with Gasteiger partial charge < -0.3 is 4.74 Å². The number of Topliss-reactive ketones (excluding diaryl/α,β-unsaturated/α-hetero) is 1. The maximum atomic E-state index is 13.1. The number of alkyl halides is 3. The van der Waals surface area contributed by atoms with E-state index in [1.807, 2.05) is 0 Å². The molecule has 1 atom stereocenters. The van der Waals surface area contributed by atoms with Crippen LogP contribution < -0.4 is 0 Å². The fourth-order valence-electron chi connectivity index (χ4n) is 1.72. The first-order valence-corrected chi connectivity index (χ1v) is 6.65. The number of benzene rings is 1. The highest BCUT2D eigenvalue weighted by atomic mass is 32.2. The van der Waals surface area contributed by atoms with Gasteiger partial charge in [-0.25, -0.2) is 4.39 Å². The van der Waals surface area contributed by atoms with Crippen LogP contribution in [-0.2, 0) is 10.9 Å². The molecule has 0 bridgehead atoms. The van der Waals surface area contributed by atoms with E-state index in [0.29, 0.717) is 24.5 Å². The number of hydrogen-bond acceptors (Lipinski definition) is 3. The average molecular weight is 294 g/mol. The number of ketones is 1. The molecule has 19 heavy (non-hydrogen) atoms. The van der Waals surface area contributed by atoms with Crippen LogP contribution in [0.15, 0.2) is 18.2 Å². The van der Waals surface area contributed by atoms with E-state index < -0.39 is 29.4 Å². The number of halogens is 4. The Balaban J connectivity index is 2.27. The van der Waals surface area contributed by atoms with Crippen LogP contribution in [0.5, 0.6) is 0 Å². The number of thioether (sulfide) groups is 1. The third kappa shape index (κ3) is 3.27. The van der Waals surface area contributed by atoms with Crippen molar-refractivity contribution in [2.45, 2.75) is 12.3 Å². The van der Waals surface area contributed by atoms with Crippen molar-refractivity contribution in [3.8, 4) is 0 Å². The normalized spacial score (nSPS) is 20.3. The van der Waals surface area contributed by atoms with Crippen molar-refractivity contribution in [1.29, 1.82) is 0 Å². The van der Waals surface area contributed by atoms with E-state index in [4.69, 9.17) is 4.74 Å². The molecule has 1 aliphatic heterocycles. The third-order valence-electron chi connectivity index (χ3n) is 2.66. The van der Waals surface area contributed by atoms with E-state index >= 15 is 0 Å². The highest BCUT2D eigenvalue weighted by Crippen LogP contribution is 2.32. The van der Waals surface area contributed by atoms with Gasteiger partial charge in [0.05, 0.1) is 12.2 Å². The summed E-state index contributed by atoms with van der Waals surface area (Å²) in [6.45, 7) is 0.383. The molecule has 2 nitrogen and oxygen atoms in total. The molecular formula is C12H10F4O2S. The predicted molar refractivity (Wildman–Crippen MR) is 62.8 cm³/mol. The van der Waals surface area contributed by atoms with E-state index in [0.717, 1.165) is 11.8 Å². The van der Waals surface area contributed by atoms with Crippen LogP contribution in [0.3, 0.4) is 0 Å². The zero-order valence-electron chi connectivity index (χ0n) is 9.67. The molecule has 0 amide bonds. The van der Waals surface area contributed by atoms with Crippen molar-refractivity contribution in [3.63, 3.8) is 0 Å². The Kier molecular flexibility index (Phi) is 4.15. The highest BCUT2D eigenvalue weighted by molar-refractivity contribution is 7.99. The largest absolute Gasteiger partial charge is 0.419 e. The van der Waals surface area contributed by atoms with E-state index in [1.165, 1.54) is 11.8 Å². The molecule has 104 valence electrons. The third-order valence-corrected chi connectivity index (χ3v) is 3.66. The fourth-order valence-corrected chi connectivity index (χ4v) is 2.56. The first-order chi connectivity index (χ1) is 8.89. The summed E-state index contributed by atoms with van der Waals surface area (Å²) < 4.78 is 56.0. The number of ether oxygens (including phenoxy) is 1. The molecule has 0 aliphatic carbocycles. The summed E-state index contributed by atoms with van der Waals surface area (Å²) in [5, 5.41) is 0. The van der Waals surface area contributed by atoms with Crippen molar-refractivity contribution in [2.75, 3.05) is 18.1 Å². The molecular weight excluding hydrogens is 284 g/mol. The van der Waals surface area contributed by atoms with Gasteiger partial charge in [0.2, 0.25) is 0 Å². The maximum absolute atomic E-state index is 13.1. The van der Waals surface area contributed by atoms with Crippen LogP contribution in [0, 0.1) is 5.82 Å². The van der Waals surface area contributed by atoms with Crippen LogP contribution in [-0.4, -0.2) is 30.0 Å². The molecule has 0 saturated carbocycles. The minimum Gasteiger partial charge on any atom is -0.368 e. The Labute approximate surface area is 111 Å². The van der Waals surface area contributed by atoms with Gasteiger partial charge in [-0.3, -0.25) is 4.79 Å². The lowest BCUT2D eigenvalue weighted by atomic mass is 10.0. The molecule has 1 saturated heterocycles. The Hall–Kier alpha value is -1.08. The second-order valence-corrected chi connectivity index (χ2v) is 5.14. The van der Waals surface area contributed by atoms with Gasteiger partial charge >= 0.3 is 6.18 Å². The summed E-state index contributed by atoms with van der Waals surface area (Å²) in [6.07, 6.45) is -5.58. The standard InChI is InChI=1S/C12H10F4O2S/c13-9-2-1-7(5-8(9)12(14,15)16)11(17)10-6-19-4-3-18-10/h1-2,5,10H,3-4,6H2. The summed E-state index contributed by atoms with van der Waals surface area (Å²) >= 11 is 1.50. The minimum absolute atomic E-state index is 0.179. The molecule has 0 spiro atoms. The lowest BCUT2D eigenvalue weighted by Crippen LogP contribution is -2.31. The van der Waals surface area contributed by atoms with Crippen LogP contribution in [0.4, 0.5) is 17.6 Å². The summed E-state index contributed by atoms with van der Waals surface area (Å²) in [4.78, 5) is 12.0. The van der Waals surface area contributed by atoms with Crippen LogP contribution in [0.2, 0.25) is 0 Å². The molecule has 1 aromatic carbocycles. The van der Waals surface area contributed by atoms with Gasteiger partial charge in [0.15, 0.2) is 5.78 Å². The summed E-state index contributed by atoms with van der Waals surface area (Å²) in [5.41, 5.74) is -1.61. The van der Waals surface area contributed by atoms with E-state index in [9.17, 15) is 22.4 Å². The molecule has 1 unspecified atom stereocenters. The summed E-state index contributed by atoms with van der Waals surface area (Å²) in [6, 6.07) is 2.25. The van der Waals surface area contributed by atoms with E-state index in [-0.39, 0.29) is 5.56 Å². The molecule has 0 aromatic heterocycles. The maximum Gasteiger partial charge on any atom is 0.419 e. The Morgan fingerprint density at radius 2 is 2.11 bits per heavy atom. The Morgan fingerprint density at radius 1 is 1.37 bits per heavy atom. The molecule has 2 rings (SSSR count). The van der Waals surface area contributed by atoms with Gasteiger partial charge in [-0.05, 0) is 18.2 Å². The molecule has 1 aromatic rings. The topological polar surface area (TPSA) is 26.3 Å². The van der Waals surface area contributed by atoms with Crippen molar-refractivity contribution in [3.05, 3.63) is 35.1 Å². The lowest BCUT2D eigenvalue weighted by Gasteiger charge is -2.21. The van der Waals surface area contributed by atoms with Crippen molar-refractivity contribution in [1.82, 2.24) is 0 Å². The van der Waals surface area contributed by atoms with Crippen LogP contribution >= 0.6 is 11.8 Å². The summed E-state index contributed by atoms with van der Waals surface area (Å²) in [5.74, 6) is -0.779. The number of hydrogen-bond donors (Lipinski definition) is 0. The molecule has 1 fully saturated rings. The first kappa shape index (κ1) is 14.3. The van der Waals surface area contributed by atoms with Gasteiger partial charge in [0.1, 0.15) is 11.9 Å². The zero-order valence-corrected chi connectivity index (χ0v) is 10.5. The van der Waals surface area contributed by atoms with E-state index in [1.54, 1.807) is 0 Å². The SMILES string of the molecule is O=C(c1ccc(F)c(C(F)(F)F)c1)C1CSCCO1. The van der Waals surface area contributed by atoms with Crippen molar-refractivity contribution in [2.24, 2.45) is 0 Å². The first-order valence-electron chi connectivity index (χ1n) is 5.50. The van der Waals surface area contributed by atoms with Crippen molar-refractivity contribution >= 4 is 17.5 Å². The van der Waals surface area contributed by atoms with E-state index in [2.05, 4.69) is 0 Å². The number of carbonyl (C=O) groups is 1. The van der Waals surface area contributed by atoms with Gasteiger partial charge in [0, 0.05) is 17.1 Å². The minimum atomic E-state index is -4.82. The Bertz CT molecular complexity index is 481. The Morgan fingerprint density at radius 3 is 2.68 bits per heavy atom. The quantitative estimate of drug-likeness (QED) is 0.619. The van der Waals surface area contributed by atoms with Gasteiger partial charge in [-0.2, -0.15) is 24.9 Å². The lowest BCUT2D eigenvalue weighted by molar-refractivity contribution is -0.140. The zero-order chi connectivity index (χ0) is 14.0. The highest BCUT2D eigenvalue weighted by Gasteiger charge is 2.35. The smallest absolute Gasteiger partial charge is 0.368 e. The monoisotopic (exact) mass is 294 g/mol. The fraction of sp³-hybridized carbons (Fsp3) is 0.417. The second-order valence-electron chi connectivity index (χ2n) is 3.99. The molecule has 0 radical (unpaired) electrons. The molecule has 7 heteroatoms. The molecule has 1 heterocycles. The van der Waals surface area contributed by atoms with Gasteiger partial charge in [-0.1, -0.05) is 0 Å². The number of carbonyl (C=O) groups excluding carboxylic acids is 1. The summed E-state index contributed by atoms with van der Waals surface area (Å²) in [7, 11) is 0. The number of rotatable bonds is 2.